The van der Waals surface area contributed by atoms with E-state index in [2.05, 4.69) is 25.2 Å². The topological polar surface area (TPSA) is 34.4 Å². The first-order valence-electron chi connectivity index (χ1n) is 8.19. The predicted molar refractivity (Wildman–Crippen MR) is 81.5 cm³/mol. The number of ether oxygens (including phenoxy) is 1. The van der Waals surface area contributed by atoms with Crippen LogP contribution in [0.5, 0.6) is 0 Å². The molecule has 1 aromatic heterocycles. The van der Waals surface area contributed by atoms with Gasteiger partial charge < -0.3 is 14.5 Å². The molecule has 3 heteroatoms. The van der Waals surface area contributed by atoms with E-state index in [0.717, 1.165) is 25.0 Å². The zero-order chi connectivity index (χ0) is 14.2. The largest absolute Gasteiger partial charge is 0.467 e. The highest BCUT2D eigenvalue weighted by Gasteiger charge is 2.21. The van der Waals surface area contributed by atoms with Crippen molar-refractivity contribution >= 4 is 0 Å². The Morgan fingerprint density at radius 2 is 2.25 bits per heavy atom. The maximum atomic E-state index is 5.87. The molecule has 1 N–H and O–H groups in total. The summed E-state index contributed by atoms with van der Waals surface area (Å²) in [6, 6.07) is 2.79. The normalized spacial score (nSPS) is 16.5. The van der Waals surface area contributed by atoms with E-state index in [1.165, 1.54) is 44.1 Å². The number of hydrogen-bond acceptors (Lipinski definition) is 3. The van der Waals surface area contributed by atoms with Crippen LogP contribution in [0.2, 0.25) is 0 Å². The van der Waals surface area contributed by atoms with Gasteiger partial charge in [0.1, 0.15) is 12.4 Å². The molecule has 3 nitrogen and oxygen atoms in total. The van der Waals surface area contributed by atoms with Crippen molar-refractivity contribution in [2.75, 3.05) is 6.61 Å². The van der Waals surface area contributed by atoms with Crippen molar-refractivity contribution in [3.8, 4) is 0 Å². The smallest absolute Gasteiger partial charge is 0.133 e. The van der Waals surface area contributed by atoms with Gasteiger partial charge in [-0.05, 0) is 31.2 Å². The van der Waals surface area contributed by atoms with Crippen LogP contribution in [-0.2, 0) is 17.9 Å². The standard InChI is InChI=1S/C17H29NO2/c1-3-5-6-14(4-2)12-19-13-17-15(9-10-20-17)11-18-16-7-8-16/h9-10,14,16,18H,3-8,11-13H2,1-2H3. The summed E-state index contributed by atoms with van der Waals surface area (Å²) in [5.74, 6) is 1.68. The number of rotatable bonds is 11. The van der Waals surface area contributed by atoms with E-state index >= 15 is 0 Å². The van der Waals surface area contributed by atoms with Crippen molar-refractivity contribution in [1.82, 2.24) is 5.32 Å². The lowest BCUT2D eigenvalue weighted by atomic mass is 10.0. The quantitative estimate of drug-likeness (QED) is 0.657. The molecule has 1 fully saturated rings. The molecular weight excluding hydrogens is 250 g/mol. The average Bonchev–Trinajstić information content (AvgIpc) is 3.19. The Labute approximate surface area is 123 Å². The van der Waals surface area contributed by atoms with E-state index in [0.29, 0.717) is 12.5 Å². The highest BCUT2D eigenvalue weighted by atomic mass is 16.5. The number of hydrogen-bond donors (Lipinski definition) is 1. The van der Waals surface area contributed by atoms with Crippen LogP contribution in [0.4, 0.5) is 0 Å². The van der Waals surface area contributed by atoms with E-state index in [1.54, 1.807) is 6.26 Å². The summed E-state index contributed by atoms with van der Waals surface area (Å²) < 4.78 is 11.4. The summed E-state index contributed by atoms with van der Waals surface area (Å²) in [6.45, 7) is 6.87. The molecule has 114 valence electrons. The van der Waals surface area contributed by atoms with E-state index < -0.39 is 0 Å². The minimum Gasteiger partial charge on any atom is -0.467 e. The number of unbranched alkanes of at least 4 members (excludes halogenated alkanes) is 1. The third kappa shape index (κ3) is 5.29. The van der Waals surface area contributed by atoms with Gasteiger partial charge in [-0.2, -0.15) is 0 Å². The molecule has 1 heterocycles. The fourth-order valence-electron chi connectivity index (χ4n) is 2.41. The van der Waals surface area contributed by atoms with Crippen molar-refractivity contribution in [2.24, 2.45) is 5.92 Å². The van der Waals surface area contributed by atoms with Gasteiger partial charge in [-0.1, -0.05) is 33.1 Å². The Morgan fingerprint density at radius 1 is 1.40 bits per heavy atom. The van der Waals surface area contributed by atoms with Crippen LogP contribution in [0.1, 0.15) is 63.7 Å². The van der Waals surface area contributed by atoms with Gasteiger partial charge in [-0.25, -0.2) is 0 Å². The molecular formula is C17H29NO2. The molecule has 1 saturated carbocycles. The molecule has 1 aromatic rings. The lowest BCUT2D eigenvalue weighted by Crippen LogP contribution is -2.16. The first-order chi connectivity index (χ1) is 9.83. The van der Waals surface area contributed by atoms with Crippen molar-refractivity contribution in [3.05, 3.63) is 23.7 Å². The van der Waals surface area contributed by atoms with Crippen LogP contribution in [0.15, 0.2) is 16.7 Å². The molecule has 0 aromatic carbocycles. The molecule has 0 radical (unpaired) electrons. The summed E-state index contributed by atoms with van der Waals surface area (Å²) in [5, 5.41) is 3.52. The van der Waals surface area contributed by atoms with Gasteiger partial charge >= 0.3 is 0 Å². The second-order valence-corrected chi connectivity index (χ2v) is 5.96. The average molecular weight is 279 g/mol. The Morgan fingerprint density at radius 3 is 2.95 bits per heavy atom. The zero-order valence-corrected chi connectivity index (χ0v) is 13.0. The third-order valence-corrected chi connectivity index (χ3v) is 4.13. The Bertz CT molecular complexity index is 371. The SMILES string of the molecule is CCCCC(CC)COCc1occc1CNC1CC1. The minimum absolute atomic E-state index is 0.608. The van der Waals surface area contributed by atoms with Crippen LogP contribution in [-0.4, -0.2) is 12.6 Å². The lowest BCUT2D eigenvalue weighted by Gasteiger charge is -2.14. The molecule has 0 bridgehead atoms. The zero-order valence-electron chi connectivity index (χ0n) is 13.0. The van der Waals surface area contributed by atoms with Gasteiger partial charge in [0.15, 0.2) is 0 Å². The van der Waals surface area contributed by atoms with Crippen molar-refractivity contribution in [2.45, 2.75) is 71.6 Å². The second-order valence-electron chi connectivity index (χ2n) is 5.96. The molecule has 0 aliphatic heterocycles. The predicted octanol–water partition coefficient (Wildman–Crippen LogP) is 4.26. The van der Waals surface area contributed by atoms with Gasteiger partial charge in [-0.15, -0.1) is 0 Å². The van der Waals surface area contributed by atoms with Gasteiger partial charge in [-0.3, -0.25) is 0 Å². The maximum Gasteiger partial charge on any atom is 0.133 e. The summed E-state index contributed by atoms with van der Waals surface area (Å²) >= 11 is 0. The molecule has 1 unspecified atom stereocenters. The Hall–Kier alpha value is -0.800. The lowest BCUT2D eigenvalue weighted by molar-refractivity contribution is 0.0703. The molecule has 0 spiro atoms. The highest BCUT2D eigenvalue weighted by molar-refractivity contribution is 5.16. The van der Waals surface area contributed by atoms with Crippen LogP contribution >= 0.6 is 0 Å². The fraction of sp³-hybridized carbons (Fsp3) is 0.765. The molecule has 2 rings (SSSR count). The third-order valence-electron chi connectivity index (χ3n) is 4.13. The van der Waals surface area contributed by atoms with Crippen LogP contribution < -0.4 is 5.32 Å². The van der Waals surface area contributed by atoms with Crippen LogP contribution in [0.25, 0.3) is 0 Å². The van der Waals surface area contributed by atoms with E-state index in [9.17, 15) is 0 Å². The molecule has 20 heavy (non-hydrogen) atoms. The summed E-state index contributed by atoms with van der Waals surface area (Å²) in [6.07, 6.45) is 9.47. The van der Waals surface area contributed by atoms with Crippen molar-refractivity contribution < 1.29 is 9.15 Å². The summed E-state index contributed by atoms with van der Waals surface area (Å²) in [4.78, 5) is 0. The van der Waals surface area contributed by atoms with Crippen molar-refractivity contribution in [1.29, 1.82) is 0 Å². The molecule has 1 aliphatic carbocycles. The molecule has 1 atom stereocenters. The van der Waals surface area contributed by atoms with Gasteiger partial charge in [0.05, 0.1) is 6.26 Å². The first-order valence-corrected chi connectivity index (χ1v) is 8.19. The number of nitrogens with one attached hydrogen (secondary N) is 1. The monoisotopic (exact) mass is 279 g/mol. The molecule has 0 saturated heterocycles. The maximum absolute atomic E-state index is 5.87. The Balaban J connectivity index is 1.68. The Kier molecular flexibility index (Phi) is 6.61. The van der Waals surface area contributed by atoms with E-state index in [-0.39, 0.29) is 0 Å². The van der Waals surface area contributed by atoms with Crippen LogP contribution in [0, 0.1) is 5.92 Å². The van der Waals surface area contributed by atoms with Crippen molar-refractivity contribution in [3.63, 3.8) is 0 Å². The summed E-state index contributed by atoms with van der Waals surface area (Å²) in [5.41, 5.74) is 1.25. The second kappa shape index (κ2) is 8.48. The summed E-state index contributed by atoms with van der Waals surface area (Å²) in [7, 11) is 0. The molecule has 1 aliphatic rings. The van der Waals surface area contributed by atoms with Gasteiger partial charge in [0.25, 0.3) is 0 Å². The van der Waals surface area contributed by atoms with Crippen LogP contribution in [0.3, 0.4) is 0 Å². The number of furan rings is 1. The highest BCUT2D eigenvalue weighted by Crippen LogP contribution is 2.21. The van der Waals surface area contributed by atoms with Gasteiger partial charge in [0, 0.05) is 24.8 Å². The fourth-order valence-corrected chi connectivity index (χ4v) is 2.41. The first kappa shape index (κ1) is 15.6. The molecule has 0 amide bonds. The van der Waals surface area contributed by atoms with E-state index in [4.69, 9.17) is 9.15 Å². The van der Waals surface area contributed by atoms with E-state index in [1.807, 2.05) is 0 Å². The van der Waals surface area contributed by atoms with Gasteiger partial charge in [0.2, 0.25) is 0 Å². The minimum atomic E-state index is 0.608.